The van der Waals surface area contributed by atoms with E-state index in [2.05, 4.69) is 9.55 Å². The molecule has 0 saturated carbocycles. The lowest BCUT2D eigenvalue weighted by Gasteiger charge is -2.34. The van der Waals surface area contributed by atoms with Gasteiger partial charge in [0, 0.05) is 6.54 Å². The molecule has 2 aliphatic heterocycles. The minimum absolute atomic E-state index is 0.0743. The number of halogens is 1. The SMILES string of the molecule is N#Cc1cc2c(cc1F)COC21CCCn2cncc21. The monoisotopic (exact) mass is 269 g/mol. The van der Waals surface area contributed by atoms with Gasteiger partial charge in [0.25, 0.3) is 0 Å². The zero-order valence-electron chi connectivity index (χ0n) is 10.8. The predicted molar refractivity (Wildman–Crippen MR) is 68.1 cm³/mol. The van der Waals surface area contributed by atoms with E-state index in [1.165, 1.54) is 6.07 Å². The Morgan fingerprint density at radius 3 is 3.20 bits per heavy atom. The lowest BCUT2D eigenvalue weighted by molar-refractivity contribution is -0.0271. The Bertz CT molecular complexity index is 746. The highest BCUT2D eigenvalue weighted by atomic mass is 19.1. The molecule has 0 bridgehead atoms. The predicted octanol–water partition coefficient (Wildman–Crippen LogP) is 2.46. The third-order valence-corrected chi connectivity index (χ3v) is 4.28. The van der Waals surface area contributed by atoms with Crippen LogP contribution in [-0.2, 0) is 23.5 Å². The lowest BCUT2D eigenvalue weighted by atomic mass is 9.82. The third-order valence-electron chi connectivity index (χ3n) is 4.28. The van der Waals surface area contributed by atoms with Gasteiger partial charge in [-0.3, -0.25) is 0 Å². The van der Waals surface area contributed by atoms with E-state index in [-0.39, 0.29) is 5.56 Å². The van der Waals surface area contributed by atoms with Gasteiger partial charge in [0.05, 0.1) is 30.4 Å². The Morgan fingerprint density at radius 2 is 2.35 bits per heavy atom. The Hall–Kier alpha value is -2.19. The first-order chi connectivity index (χ1) is 9.74. The molecule has 20 heavy (non-hydrogen) atoms. The first-order valence-electron chi connectivity index (χ1n) is 6.62. The average molecular weight is 269 g/mol. The highest BCUT2D eigenvalue weighted by molar-refractivity contribution is 5.48. The topological polar surface area (TPSA) is 50.8 Å². The van der Waals surface area contributed by atoms with Crippen molar-refractivity contribution in [3.63, 3.8) is 0 Å². The van der Waals surface area contributed by atoms with Crippen LogP contribution in [-0.4, -0.2) is 9.55 Å². The molecule has 0 radical (unpaired) electrons. The summed E-state index contributed by atoms with van der Waals surface area (Å²) in [5.74, 6) is -0.476. The van der Waals surface area contributed by atoms with Gasteiger partial charge in [0.15, 0.2) is 0 Å². The number of rotatable bonds is 0. The molecular weight excluding hydrogens is 257 g/mol. The molecule has 1 atom stereocenters. The molecule has 3 heterocycles. The summed E-state index contributed by atoms with van der Waals surface area (Å²) in [6.07, 6.45) is 5.42. The molecule has 4 rings (SSSR count). The lowest BCUT2D eigenvalue weighted by Crippen LogP contribution is -2.34. The summed E-state index contributed by atoms with van der Waals surface area (Å²) in [5, 5.41) is 9.04. The van der Waals surface area contributed by atoms with Crippen LogP contribution in [0.4, 0.5) is 4.39 Å². The van der Waals surface area contributed by atoms with Crippen molar-refractivity contribution in [1.82, 2.24) is 9.55 Å². The van der Waals surface area contributed by atoms with Gasteiger partial charge in [-0.15, -0.1) is 0 Å². The summed E-state index contributed by atoms with van der Waals surface area (Å²) >= 11 is 0. The van der Waals surface area contributed by atoms with Crippen LogP contribution in [0.5, 0.6) is 0 Å². The van der Waals surface area contributed by atoms with Crippen molar-refractivity contribution in [2.24, 2.45) is 0 Å². The first kappa shape index (κ1) is 11.6. The quantitative estimate of drug-likeness (QED) is 0.738. The molecule has 0 aliphatic carbocycles. The summed E-state index contributed by atoms with van der Waals surface area (Å²) in [6, 6.07) is 4.98. The minimum atomic E-state index is -0.566. The van der Waals surface area contributed by atoms with Gasteiger partial charge >= 0.3 is 0 Å². The number of aryl methyl sites for hydroxylation is 1. The summed E-state index contributed by atoms with van der Waals surface area (Å²) in [7, 11) is 0. The number of hydrogen-bond acceptors (Lipinski definition) is 3. The fraction of sp³-hybridized carbons (Fsp3) is 0.333. The van der Waals surface area contributed by atoms with E-state index in [4.69, 9.17) is 10.00 Å². The Balaban J connectivity index is 1.97. The molecule has 2 aliphatic rings. The van der Waals surface area contributed by atoms with Gasteiger partial charge in [-0.05, 0) is 36.1 Å². The van der Waals surface area contributed by atoms with Gasteiger partial charge in [0.2, 0.25) is 0 Å². The highest BCUT2D eigenvalue weighted by Gasteiger charge is 2.45. The van der Waals surface area contributed by atoms with Gasteiger partial charge in [-0.25, -0.2) is 9.37 Å². The highest BCUT2D eigenvalue weighted by Crippen LogP contribution is 2.47. The molecular formula is C15H12FN3O. The summed E-state index contributed by atoms with van der Waals surface area (Å²) in [5.41, 5.74) is 2.25. The molecule has 0 fully saturated rings. The Labute approximate surface area is 115 Å². The van der Waals surface area contributed by atoms with Gasteiger partial charge in [-0.1, -0.05) is 0 Å². The number of nitriles is 1. The molecule has 1 unspecified atom stereocenters. The number of nitrogens with zero attached hydrogens (tertiary/aromatic N) is 3. The molecule has 1 aromatic carbocycles. The normalized spacial score (nSPS) is 23.4. The molecule has 0 N–H and O–H groups in total. The smallest absolute Gasteiger partial charge is 0.141 e. The first-order valence-corrected chi connectivity index (χ1v) is 6.62. The zero-order chi connectivity index (χ0) is 13.7. The van der Waals surface area contributed by atoms with Gasteiger partial charge in [-0.2, -0.15) is 5.26 Å². The van der Waals surface area contributed by atoms with Crippen molar-refractivity contribution < 1.29 is 9.13 Å². The van der Waals surface area contributed by atoms with Crippen LogP contribution in [0.3, 0.4) is 0 Å². The van der Waals surface area contributed by atoms with Crippen molar-refractivity contribution in [2.45, 2.75) is 31.6 Å². The molecule has 5 heteroatoms. The Kier molecular flexibility index (Phi) is 2.27. The van der Waals surface area contributed by atoms with E-state index in [1.54, 1.807) is 12.4 Å². The molecule has 4 nitrogen and oxygen atoms in total. The summed E-state index contributed by atoms with van der Waals surface area (Å²) < 4.78 is 21.9. The van der Waals surface area contributed by atoms with Crippen LogP contribution in [0, 0.1) is 17.1 Å². The van der Waals surface area contributed by atoms with Gasteiger partial charge < -0.3 is 9.30 Å². The average Bonchev–Trinajstić information content (AvgIpc) is 3.05. The van der Waals surface area contributed by atoms with Crippen molar-refractivity contribution in [3.8, 4) is 6.07 Å². The van der Waals surface area contributed by atoms with E-state index in [0.29, 0.717) is 6.61 Å². The van der Waals surface area contributed by atoms with Crippen LogP contribution < -0.4 is 0 Å². The second-order valence-corrected chi connectivity index (χ2v) is 5.29. The third kappa shape index (κ3) is 1.34. The van der Waals surface area contributed by atoms with E-state index < -0.39 is 11.4 Å². The maximum Gasteiger partial charge on any atom is 0.141 e. The number of hydrogen-bond donors (Lipinski definition) is 0. The van der Waals surface area contributed by atoms with E-state index in [9.17, 15) is 4.39 Å². The molecule has 0 saturated heterocycles. The molecule has 0 amide bonds. The molecule has 2 aromatic rings. The maximum atomic E-state index is 13.7. The number of fused-ring (bicyclic) bond motifs is 4. The van der Waals surface area contributed by atoms with Crippen LogP contribution >= 0.6 is 0 Å². The summed E-state index contributed by atoms with van der Waals surface area (Å²) in [6.45, 7) is 1.30. The van der Waals surface area contributed by atoms with E-state index in [1.807, 2.05) is 12.3 Å². The summed E-state index contributed by atoms with van der Waals surface area (Å²) in [4.78, 5) is 4.20. The van der Waals surface area contributed by atoms with Crippen molar-refractivity contribution in [2.75, 3.05) is 0 Å². The second-order valence-electron chi connectivity index (χ2n) is 5.29. The fourth-order valence-corrected chi connectivity index (χ4v) is 3.35. The van der Waals surface area contributed by atoms with E-state index in [0.717, 1.165) is 36.2 Å². The molecule has 1 spiro atoms. The largest absolute Gasteiger partial charge is 0.359 e. The number of imidazole rings is 1. The standard InChI is InChI=1S/C15H12FN3O/c16-13-5-11-8-20-15(12(11)4-10(13)6-17)2-1-3-19-9-18-7-14(15)19/h4-5,7,9H,1-3,8H2. The molecule has 1 aromatic heterocycles. The van der Waals surface area contributed by atoms with Crippen molar-refractivity contribution in [3.05, 3.63) is 52.9 Å². The number of aromatic nitrogens is 2. The van der Waals surface area contributed by atoms with Crippen LogP contribution in [0.25, 0.3) is 0 Å². The van der Waals surface area contributed by atoms with Gasteiger partial charge in [0.1, 0.15) is 17.5 Å². The number of ether oxygens (including phenoxy) is 1. The Morgan fingerprint density at radius 1 is 1.45 bits per heavy atom. The van der Waals surface area contributed by atoms with Crippen LogP contribution in [0.1, 0.15) is 35.2 Å². The fourth-order valence-electron chi connectivity index (χ4n) is 3.35. The maximum absolute atomic E-state index is 13.7. The number of benzene rings is 1. The molecule has 100 valence electrons. The van der Waals surface area contributed by atoms with Crippen LogP contribution in [0.2, 0.25) is 0 Å². The zero-order valence-corrected chi connectivity index (χ0v) is 10.8. The minimum Gasteiger partial charge on any atom is -0.359 e. The second kappa shape index (κ2) is 3.90. The van der Waals surface area contributed by atoms with E-state index >= 15 is 0 Å². The van der Waals surface area contributed by atoms with Crippen LogP contribution in [0.15, 0.2) is 24.7 Å². The van der Waals surface area contributed by atoms with Crippen molar-refractivity contribution in [1.29, 1.82) is 5.26 Å². The van der Waals surface area contributed by atoms with Crippen molar-refractivity contribution >= 4 is 0 Å².